The number of hydrogen-bond acceptors (Lipinski definition) is 6. The third kappa shape index (κ3) is 5.10. The van der Waals surface area contributed by atoms with Crippen molar-refractivity contribution in [3.63, 3.8) is 0 Å². The second-order valence-corrected chi connectivity index (χ2v) is 11.8. The number of sulfonamides is 1. The van der Waals surface area contributed by atoms with Gasteiger partial charge >= 0.3 is 0 Å². The highest BCUT2D eigenvalue weighted by Gasteiger charge is 2.36. The highest BCUT2D eigenvalue weighted by Crippen LogP contribution is 2.42. The molecule has 0 saturated carbocycles. The fraction of sp³-hybridized carbons (Fsp3) is 0.179. The Morgan fingerprint density at radius 2 is 1.76 bits per heavy atom. The molecule has 2 heterocycles. The predicted octanol–water partition coefficient (Wildman–Crippen LogP) is 5.51. The number of nitrogens with zero attached hydrogens (tertiary/aromatic N) is 3. The van der Waals surface area contributed by atoms with Gasteiger partial charge in [-0.3, -0.25) is 9.10 Å². The van der Waals surface area contributed by atoms with E-state index in [9.17, 15) is 13.2 Å². The molecule has 4 aromatic rings. The van der Waals surface area contributed by atoms with Crippen molar-refractivity contribution < 1.29 is 13.2 Å². The molecule has 5 rings (SSSR count). The van der Waals surface area contributed by atoms with Crippen LogP contribution in [0.4, 0.5) is 11.4 Å². The molecule has 1 N–H and O–H groups in total. The van der Waals surface area contributed by atoms with Gasteiger partial charge in [-0.1, -0.05) is 77.5 Å². The zero-order valence-electron chi connectivity index (χ0n) is 20.7. The zero-order chi connectivity index (χ0) is 26.2. The van der Waals surface area contributed by atoms with E-state index in [2.05, 4.69) is 15.3 Å². The Bertz CT molecular complexity index is 1620. The SMILES string of the molecule is Cc1cccc(CN2c3ccccc3-c3nc(SCC(=O)Nc4ccc(C)cc4C)ncc3S2(=O)=O)c1. The van der Waals surface area contributed by atoms with Crippen LogP contribution in [-0.2, 0) is 21.4 Å². The van der Waals surface area contributed by atoms with Crippen LogP contribution in [0.5, 0.6) is 0 Å². The molecule has 0 fully saturated rings. The maximum atomic E-state index is 13.7. The molecule has 3 aromatic carbocycles. The van der Waals surface area contributed by atoms with Gasteiger partial charge in [-0.25, -0.2) is 18.4 Å². The Hall–Kier alpha value is -3.69. The summed E-state index contributed by atoms with van der Waals surface area (Å²) in [5.74, 6) is -0.0874. The van der Waals surface area contributed by atoms with E-state index < -0.39 is 10.0 Å². The number of aromatic nitrogens is 2. The molecule has 188 valence electrons. The highest BCUT2D eigenvalue weighted by molar-refractivity contribution is 7.99. The van der Waals surface area contributed by atoms with E-state index in [0.29, 0.717) is 22.1 Å². The minimum atomic E-state index is -3.88. The summed E-state index contributed by atoms with van der Waals surface area (Å²) in [5.41, 5.74) is 6.46. The molecule has 7 nitrogen and oxygen atoms in total. The lowest BCUT2D eigenvalue weighted by molar-refractivity contribution is -0.113. The van der Waals surface area contributed by atoms with Crippen LogP contribution in [0, 0.1) is 20.8 Å². The van der Waals surface area contributed by atoms with E-state index in [1.165, 1.54) is 22.3 Å². The van der Waals surface area contributed by atoms with Crippen LogP contribution in [0.15, 0.2) is 83.0 Å². The average molecular weight is 531 g/mol. The normalized spacial score (nSPS) is 13.5. The van der Waals surface area contributed by atoms with Gasteiger partial charge in [0.05, 0.1) is 29.9 Å². The van der Waals surface area contributed by atoms with E-state index in [-0.39, 0.29) is 23.1 Å². The first-order chi connectivity index (χ1) is 17.7. The minimum absolute atomic E-state index is 0.0583. The van der Waals surface area contributed by atoms with Gasteiger partial charge in [-0.15, -0.1) is 0 Å². The summed E-state index contributed by atoms with van der Waals surface area (Å²) in [4.78, 5) is 21.5. The maximum Gasteiger partial charge on any atom is 0.268 e. The minimum Gasteiger partial charge on any atom is -0.325 e. The first kappa shape index (κ1) is 25.0. The fourth-order valence-electron chi connectivity index (χ4n) is 4.36. The smallest absolute Gasteiger partial charge is 0.268 e. The number of rotatable bonds is 6. The van der Waals surface area contributed by atoms with Crippen molar-refractivity contribution in [3.8, 4) is 11.3 Å². The number of thioether (sulfide) groups is 1. The summed E-state index contributed by atoms with van der Waals surface area (Å²) >= 11 is 1.17. The molecule has 1 aliphatic heterocycles. The van der Waals surface area contributed by atoms with Gasteiger partial charge in [-0.2, -0.15) is 0 Å². The third-order valence-electron chi connectivity index (χ3n) is 6.13. The van der Waals surface area contributed by atoms with E-state index >= 15 is 0 Å². The molecular formula is C28H26N4O3S2. The van der Waals surface area contributed by atoms with Gasteiger partial charge in [-0.05, 0) is 44.0 Å². The number of fused-ring (bicyclic) bond motifs is 3. The zero-order valence-corrected chi connectivity index (χ0v) is 22.4. The van der Waals surface area contributed by atoms with E-state index in [0.717, 1.165) is 27.9 Å². The van der Waals surface area contributed by atoms with Crippen LogP contribution in [0.25, 0.3) is 11.3 Å². The number of anilines is 2. The molecular weight excluding hydrogens is 504 g/mol. The quantitative estimate of drug-likeness (QED) is 0.261. The summed E-state index contributed by atoms with van der Waals surface area (Å²) in [6, 6.07) is 21.0. The van der Waals surface area contributed by atoms with Gasteiger partial charge in [0, 0.05) is 11.3 Å². The molecule has 1 aliphatic rings. The van der Waals surface area contributed by atoms with E-state index in [1.807, 2.05) is 81.4 Å². The summed E-state index contributed by atoms with van der Waals surface area (Å²) in [6.45, 7) is 6.13. The molecule has 1 amide bonds. The van der Waals surface area contributed by atoms with Gasteiger partial charge in [0.1, 0.15) is 4.90 Å². The average Bonchev–Trinajstić information content (AvgIpc) is 2.87. The van der Waals surface area contributed by atoms with Crippen LogP contribution >= 0.6 is 11.8 Å². The molecule has 37 heavy (non-hydrogen) atoms. The lowest BCUT2D eigenvalue weighted by Gasteiger charge is -2.31. The number of carbonyl (C=O) groups excluding carboxylic acids is 1. The van der Waals surface area contributed by atoms with Crippen molar-refractivity contribution in [1.29, 1.82) is 0 Å². The van der Waals surface area contributed by atoms with Crippen LogP contribution in [-0.4, -0.2) is 30.0 Å². The van der Waals surface area contributed by atoms with Crippen molar-refractivity contribution in [3.05, 3.63) is 95.2 Å². The van der Waals surface area contributed by atoms with Crippen molar-refractivity contribution in [2.24, 2.45) is 0 Å². The Kier molecular flexibility index (Phi) is 6.74. The Morgan fingerprint density at radius 3 is 2.54 bits per heavy atom. The second kappa shape index (κ2) is 9.99. The lowest BCUT2D eigenvalue weighted by Crippen LogP contribution is -2.34. The first-order valence-electron chi connectivity index (χ1n) is 11.8. The molecule has 9 heteroatoms. The van der Waals surface area contributed by atoms with Gasteiger partial charge in [0.2, 0.25) is 5.91 Å². The van der Waals surface area contributed by atoms with Crippen molar-refractivity contribution in [1.82, 2.24) is 9.97 Å². The van der Waals surface area contributed by atoms with Gasteiger partial charge in [0.15, 0.2) is 5.16 Å². The molecule has 0 saturated heterocycles. The Labute approximate surface area is 221 Å². The number of hydrogen-bond donors (Lipinski definition) is 1. The molecule has 0 aliphatic carbocycles. The second-order valence-electron chi connectivity index (χ2n) is 9.04. The highest BCUT2D eigenvalue weighted by atomic mass is 32.2. The first-order valence-corrected chi connectivity index (χ1v) is 14.2. The molecule has 0 bridgehead atoms. The number of carbonyl (C=O) groups is 1. The van der Waals surface area contributed by atoms with Crippen LogP contribution in [0.1, 0.15) is 22.3 Å². The van der Waals surface area contributed by atoms with Crippen molar-refractivity contribution in [2.75, 3.05) is 15.4 Å². The molecule has 0 radical (unpaired) electrons. The topological polar surface area (TPSA) is 92.3 Å². The number of aryl methyl sites for hydroxylation is 3. The molecule has 0 spiro atoms. The summed E-state index contributed by atoms with van der Waals surface area (Å²) in [7, 11) is -3.88. The maximum absolute atomic E-state index is 13.7. The Balaban J connectivity index is 1.40. The predicted molar refractivity (Wildman–Crippen MR) is 147 cm³/mol. The van der Waals surface area contributed by atoms with Crippen molar-refractivity contribution in [2.45, 2.75) is 37.4 Å². The van der Waals surface area contributed by atoms with Crippen LogP contribution in [0.3, 0.4) is 0 Å². The lowest BCUT2D eigenvalue weighted by atomic mass is 10.1. The fourth-order valence-corrected chi connectivity index (χ4v) is 6.54. The molecule has 0 atom stereocenters. The van der Waals surface area contributed by atoms with E-state index in [1.54, 1.807) is 6.07 Å². The molecule has 1 aromatic heterocycles. The number of para-hydroxylation sites is 1. The standard InChI is InChI=1S/C28H26N4O3S2/c1-18-7-6-8-21(14-18)16-32-24-10-5-4-9-22(24)27-25(37(32,34)35)15-29-28(31-27)36-17-26(33)30-23-12-11-19(2)13-20(23)3/h4-15H,16-17H2,1-3H3,(H,30,33). The van der Waals surface area contributed by atoms with Gasteiger partial charge < -0.3 is 5.32 Å². The van der Waals surface area contributed by atoms with Crippen molar-refractivity contribution >= 4 is 39.1 Å². The monoisotopic (exact) mass is 530 g/mol. The number of nitrogens with one attached hydrogen (secondary N) is 1. The van der Waals surface area contributed by atoms with Crippen LogP contribution in [0.2, 0.25) is 0 Å². The summed E-state index contributed by atoms with van der Waals surface area (Å²) in [6.07, 6.45) is 1.35. The van der Waals surface area contributed by atoms with E-state index in [4.69, 9.17) is 0 Å². The summed E-state index contributed by atoms with van der Waals surface area (Å²) in [5, 5.41) is 3.25. The molecule has 0 unspecified atom stereocenters. The van der Waals surface area contributed by atoms with Crippen LogP contribution < -0.4 is 9.62 Å². The number of amides is 1. The third-order valence-corrected chi connectivity index (χ3v) is 8.75. The number of benzene rings is 3. The largest absolute Gasteiger partial charge is 0.325 e. The Morgan fingerprint density at radius 1 is 0.973 bits per heavy atom. The van der Waals surface area contributed by atoms with Gasteiger partial charge in [0.25, 0.3) is 10.0 Å². The summed E-state index contributed by atoms with van der Waals surface area (Å²) < 4.78 is 28.7.